The first-order valence-corrected chi connectivity index (χ1v) is 5.00. The van der Waals surface area contributed by atoms with E-state index < -0.39 is 5.97 Å². The van der Waals surface area contributed by atoms with E-state index in [1.165, 1.54) is 18.2 Å². The van der Waals surface area contributed by atoms with Crippen LogP contribution in [0.1, 0.15) is 10.4 Å². The van der Waals surface area contributed by atoms with E-state index in [4.69, 9.17) is 10.8 Å². The van der Waals surface area contributed by atoms with Crippen molar-refractivity contribution in [3.63, 3.8) is 0 Å². The van der Waals surface area contributed by atoms with Gasteiger partial charge in [0.2, 0.25) is 0 Å². The monoisotopic (exact) mass is 229 g/mol. The molecular formula is C13H11NO3. The van der Waals surface area contributed by atoms with Gasteiger partial charge in [-0.2, -0.15) is 0 Å². The number of anilines is 1. The first-order valence-electron chi connectivity index (χ1n) is 5.00. The van der Waals surface area contributed by atoms with E-state index in [2.05, 4.69) is 0 Å². The van der Waals surface area contributed by atoms with Crippen LogP contribution < -0.4 is 5.73 Å². The van der Waals surface area contributed by atoms with Gasteiger partial charge in [-0.1, -0.05) is 12.1 Å². The Hall–Kier alpha value is -2.49. The minimum atomic E-state index is -1.00. The fraction of sp³-hybridized carbons (Fsp3) is 0. The van der Waals surface area contributed by atoms with Crippen LogP contribution in [0.3, 0.4) is 0 Å². The minimum Gasteiger partial charge on any atom is -0.507 e. The summed E-state index contributed by atoms with van der Waals surface area (Å²) in [6, 6.07) is 11.0. The van der Waals surface area contributed by atoms with Gasteiger partial charge in [-0.15, -0.1) is 0 Å². The predicted molar refractivity (Wildman–Crippen MR) is 64.9 cm³/mol. The molecule has 0 amide bonds. The molecule has 2 rings (SSSR count). The Bertz CT molecular complexity index is 579. The maximum absolute atomic E-state index is 10.8. The molecule has 0 saturated carbocycles. The Labute approximate surface area is 97.9 Å². The molecule has 4 nitrogen and oxygen atoms in total. The number of carbonyl (C=O) groups is 1. The molecule has 0 aliphatic carbocycles. The zero-order valence-electron chi connectivity index (χ0n) is 8.92. The smallest absolute Gasteiger partial charge is 0.335 e. The SMILES string of the molecule is Nc1ccc(O)c(-c2cccc(C(=O)O)c2)c1. The first-order chi connectivity index (χ1) is 8.08. The number of nitrogen functional groups attached to an aromatic ring is 1. The normalized spacial score (nSPS) is 10.1. The molecule has 0 aliphatic heterocycles. The second-order valence-electron chi connectivity index (χ2n) is 3.66. The van der Waals surface area contributed by atoms with Crippen LogP contribution in [0.4, 0.5) is 5.69 Å². The fourth-order valence-corrected chi connectivity index (χ4v) is 1.60. The van der Waals surface area contributed by atoms with E-state index in [1.54, 1.807) is 24.3 Å². The van der Waals surface area contributed by atoms with Gasteiger partial charge in [-0.05, 0) is 35.9 Å². The molecular weight excluding hydrogens is 218 g/mol. The average molecular weight is 229 g/mol. The second kappa shape index (κ2) is 4.17. The maximum Gasteiger partial charge on any atom is 0.335 e. The van der Waals surface area contributed by atoms with Gasteiger partial charge in [0.1, 0.15) is 5.75 Å². The standard InChI is InChI=1S/C13H11NO3/c14-10-4-5-12(15)11(7-10)8-2-1-3-9(6-8)13(16)17/h1-7,15H,14H2,(H,16,17). The highest BCUT2D eigenvalue weighted by Crippen LogP contribution is 2.31. The van der Waals surface area contributed by atoms with E-state index >= 15 is 0 Å². The van der Waals surface area contributed by atoms with Gasteiger partial charge in [0.05, 0.1) is 5.56 Å². The Balaban J connectivity index is 2.56. The number of phenols is 1. The van der Waals surface area contributed by atoms with Gasteiger partial charge in [-0.3, -0.25) is 0 Å². The molecule has 2 aromatic carbocycles. The fourth-order valence-electron chi connectivity index (χ4n) is 1.60. The van der Waals surface area contributed by atoms with Crippen molar-refractivity contribution in [2.75, 3.05) is 5.73 Å². The van der Waals surface area contributed by atoms with E-state index in [1.807, 2.05) is 0 Å². The highest BCUT2D eigenvalue weighted by atomic mass is 16.4. The van der Waals surface area contributed by atoms with Crippen LogP contribution >= 0.6 is 0 Å². The van der Waals surface area contributed by atoms with Gasteiger partial charge in [0.25, 0.3) is 0 Å². The summed E-state index contributed by atoms with van der Waals surface area (Å²) in [6.45, 7) is 0. The molecule has 0 radical (unpaired) electrons. The van der Waals surface area contributed by atoms with Crippen LogP contribution in [0.15, 0.2) is 42.5 Å². The molecule has 0 unspecified atom stereocenters. The molecule has 17 heavy (non-hydrogen) atoms. The quantitative estimate of drug-likeness (QED) is 0.545. The summed E-state index contributed by atoms with van der Waals surface area (Å²) in [5.74, 6) is -0.933. The van der Waals surface area contributed by atoms with Crippen molar-refractivity contribution < 1.29 is 15.0 Å². The van der Waals surface area contributed by atoms with Crippen LogP contribution in [0.2, 0.25) is 0 Å². The van der Waals surface area contributed by atoms with E-state index in [-0.39, 0.29) is 11.3 Å². The summed E-state index contributed by atoms with van der Waals surface area (Å²) in [5, 5.41) is 18.6. The molecule has 0 spiro atoms. The molecule has 4 N–H and O–H groups in total. The Morgan fingerprint density at radius 3 is 2.59 bits per heavy atom. The highest BCUT2D eigenvalue weighted by Gasteiger charge is 2.08. The van der Waals surface area contributed by atoms with Crippen molar-refractivity contribution >= 4 is 11.7 Å². The lowest BCUT2D eigenvalue weighted by Crippen LogP contribution is -1.96. The van der Waals surface area contributed by atoms with Crippen LogP contribution in [0.25, 0.3) is 11.1 Å². The van der Waals surface area contributed by atoms with Gasteiger partial charge in [0.15, 0.2) is 0 Å². The maximum atomic E-state index is 10.8. The number of hydrogen-bond donors (Lipinski definition) is 3. The van der Waals surface area contributed by atoms with Crippen molar-refractivity contribution in [1.29, 1.82) is 0 Å². The lowest BCUT2D eigenvalue weighted by atomic mass is 10.0. The number of nitrogens with two attached hydrogens (primary N) is 1. The van der Waals surface area contributed by atoms with Crippen LogP contribution in [0, 0.1) is 0 Å². The summed E-state index contributed by atoms with van der Waals surface area (Å²) in [4.78, 5) is 10.8. The molecule has 0 heterocycles. The third-order valence-corrected chi connectivity index (χ3v) is 2.44. The lowest BCUT2D eigenvalue weighted by Gasteiger charge is -2.06. The van der Waals surface area contributed by atoms with Crippen LogP contribution in [-0.4, -0.2) is 16.2 Å². The van der Waals surface area contributed by atoms with Crippen molar-refractivity contribution in [2.24, 2.45) is 0 Å². The average Bonchev–Trinajstić information content (AvgIpc) is 2.32. The van der Waals surface area contributed by atoms with Gasteiger partial charge >= 0.3 is 5.97 Å². The Kier molecular flexibility index (Phi) is 2.70. The van der Waals surface area contributed by atoms with Crippen molar-refractivity contribution in [3.05, 3.63) is 48.0 Å². The predicted octanol–water partition coefficient (Wildman–Crippen LogP) is 2.34. The third kappa shape index (κ3) is 2.20. The van der Waals surface area contributed by atoms with Crippen molar-refractivity contribution in [1.82, 2.24) is 0 Å². The largest absolute Gasteiger partial charge is 0.507 e. The van der Waals surface area contributed by atoms with Crippen molar-refractivity contribution in [2.45, 2.75) is 0 Å². The molecule has 0 atom stereocenters. The Morgan fingerprint density at radius 1 is 1.12 bits per heavy atom. The number of phenolic OH excluding ortho intramolecular Hbond substituents is 1. The van der Waals surface area contributed by atoms with Crippen LogP contribution in [0.5, 0.6) is 5.75 Å². The van der Waals surface area contributed by atoms with Gasteiger partial charge < -0.3 is 15.9 Å². The number of benzene rings is 2. The molecule has 0 fully saturated rings. The van der Waals surface area contributed by atoms with E-state index in [0.717, 1.165) is 0 Å². The van der Waals surface area contributed by atoms with E-state index in [0.29, 0.717) is 16.8 Å². The molecule has 4 heteroatoms. The summed E-state index contributed by atoms with van der Waals surface area (Å²) < 4.78 is 0. The zero-order valence-corrected chi connectivity index (χ0v) is 8.92. The lowest BCUT2D eigenvalue weighted by molar-refractivity contribution is 0.0697. The molecule has 0 aliphatic rings. The molecule has 2 aromatic rings. The summed E-state index contributed by atoms with van der Waals surface area (Å²) in [7, 11) is 0. The van der Waals surface area contributed by atoms with Gasteiger partial charge in [-0.25, -0.2) is 4.79 Å². The minimum absolute atomic E-state index is 0.0711. The van der Waals surface area contributed by atoms with E-state index in [9.17, 15) is 9.90 Å². The number of hydrogen-bond acceptors (Lipinski definition) is 3. The van der Waals surface area contributed by atoms with Crippen LogP contribution in [-0.2, 0) is 0 Å². The first kappa shape index (κ1) is 11.0. The number of rotatable bonds is 2. The summed E-state index contributed by atoms with van der Waals surface area (Å²) in [6.07, 6.45) is 0. The highest BCUT2D eigenvalue weighted by molar-refractivity contribution is 5.90. The molecule has 0 bridgehead atoms. The number of carboxylic acids is 1. The number of carboxylic acid groups (broad SMARTS) is 1. The number of aromatic carboxylic acids is 1. The van der Waals surface area contributed by atoms with Gasteiger partial charge in [0, 0.05) is 11.3 Å². The summed E-state index contributed by atoms with van der Waals surface area (Å²) in [5.41, 5.74) is 7.46. The molecule has 0 aromatic heterocycles. The molecule has 0 saturated heterocycles. The second-order valence-corrected chi connectivity index (χ2v) is 3.66. The zero-order chi connectivity index (χ0) is 12.4. The molecule has 86 valence electrons. The number of aromatic hydroxyl groups is 1. The third-order valence-electron chi connectivity index (χ3n) is 2.44. The topological polar surface area (TPSA) is 83.5 Å². The summed E-state index contributed by atoms with van der Waals surface area (Å²) >= 11 is 0. The van der Waals surface area contributed by atoms with Crippen molar-refractivity contribution in [3.8, 4) is 16.9 Å². The Morgan fingerprint density at radius 2 is 1.88 bits per heavy atom.